The molecule has 1 aliphatic rings. The average Bonchev–Trinajstić information content (AvgIpc) is 2.88. The number of carbonyl (C=O) groups excluding carboxylic acids is 2. The molecule has 1 aliphatic carbocycles. The Labute approximate surface area is 208 Å². The summed E-state index contributed by atoms with van der Waals surface area (Å²) in [5.74, 6) is -0.134. The molecule has 4 heteroatoms. The minimum atomic E-state index is -0.0669. The molecule has 0 heterocycles. The normalized spacial score (nSPS) is 14.3. The van der Waals surface area contributed by atoms with Gasteiger partial charge in [0.1, 0.15) is 0 Å². The molecule has 2 unspecified atom stereocenters. The molecule has 0 radical (unpaired) electrons. The van der Waals surface area contributed by atoms with Crippen molar-refractivity contribution in [2.45, 2.75) is 34.1 Å². The minimum absolute atomic E-state index is 0.0669. The van der Waals surface area contributed by atoms with Crippen molar-refractivity contribution in [3.05, 3.63) is 130 Å². The van der Waals surface area contributed by atoms with Crippen LogP contribution < -0.4 is 0 Å². The second-order valence-corrected chi connectivity index (χ2v) is 11.1. The number of hydrogen-bond donors (Lipinski definition) is 0. The Morgan fingerprint density at radius 2 is 0.882 bits per heavy atom. The molecule has 5 rings (SSSR count). The number of benzene rings is 4. The van der Waals surface area contributed by atoms with Gasteiger partial charge in [0.05, 0.1) is 0 Å². The first kappa shape index (κ1) is 22.7. The Morgan fingerprint density at radius 1 is 0.500 bits per heavy atom. The van der Waals surface area contributed by atoms with E-state index in [0.717, 1.165) is 9.79 Å². The monoisotopic (exact) mass is 480 g/mol. The van der Waals surface area contributed by atoms with Crippen molar-refractivity contribution in [2.24, 2.45) is 0 Å². The fourth-order valence-electron chi connectivity index (χ4n) is 4.34. The van der Waals surface area contributed by atoms with Gasteiger partial charge in [-0.05, 0) is 37.1 Å². The molecule has 168 valence electrons. The van der Waals surface area contributed by atoms with E-state index in [4.69, 9.17) is 0 Å². The van der Waals surface area contributed by atoms with Crippen molar-refractivity contribution in [2.75, 3.05) is 0 Å². The molecule has 0 saturated carbocycles. The quantitative estimate of drug-likeness (QED) is 0.230. The maximum Gasteiger partial charge on any atom is 0.195 e. The molecule has 0 N–H and O–H groups in total. The summed E-state index contributed by atoms with van der Waals surface area (Å²) in [7, 11) is 0. The molecule has 0 bridgehead atoms. The van der Waals surface area contributed by atoms with E-state index in [1.165, 1.54) is 11.1 Å². The first-order chi connectivity index (χ1) is 16.5. The van der Waals surface area contributed by atoms with E-state index in [9.17, 15) is 9.59 Å². The fourth-order valence-corrected chi connectivity index (χ4v) is 6.64. The van der Waals surface area contributed by atoms with Gasteiger partial charge in [-0.2, -0.15) is 0 Å². The van der Waals surface area contributed by atoms with E-state index in [1.807, 2.05) is 60.7 Å². The largest absolute Gasteiger partial charge is 0.289 e. The number of thioether (sulfide) groups is 2. The summed E-state index contributed by atoms with van der Waals surface area (Å²) in [5.41, 5.74) is 4.45. The van der Waals surface area contributed by atoms with Gasteiger partial charge in [0.25, 0.3) is 0 Å². The van der Waals surface area contributed by atoms with E-state index in [-0.39, 0.29) is 22.1 Å². The van der Waals surface area contributed by atoms with Gasteiger partial charge in [0, 0.05) is 42.5 Å². The van der Waals surface area contributed by atoms with Crippen LogP contribution in [0.1, 0.15) is 67.3 Å². The lowest BCUT2D eigenvalue weighted by atomic mass is 9.84. The van der Waals surface area contributed by atoms with Crippen LogP contribution in [0.5, 0.6) is 0 Å². The van der Waals surface area contributed by atoms with Crippen LogP contribution in [-0.2, 0) is 0 Å². The van der Waals surface area contributed by atoms with Crippen molar-refractivity contribution in [3.63, 3.8) is 0 Å². The van der Waals surface area contributed by atoms with Crippen molar-refractivity contribution in [1.29, 1.82) is 0 Å². The van der Waals surface area contributed by atoms with Crippen molar-refractivity contribution in [1.82, 2.24) is 0 Å². The smallest absolute Gasteiger partial charge is 0.195 e. The summed E-state index contributed by atoms with van der Waals surface area (Å²) < 4.78 is 0. The zero-order chi connectivity index (χ0) is 23.7. The maximum absolute atomic E-state index is 13.7. The SMILES string of the molecule is CC(Sc1cccc2c1C(=O)c1cccc(SC(C)c3ccccc3)c1C2=O)c1ccccc1. The number of carbonyl (C=O) groups is 2. The van der Waals surface area contributed by atoms with E-state index < -0.39 is 0 Å². The minimum Gasteiger partial charge on any atom is -0.289 e. The molecule has 0 amide bonds. The predicted octanol–water partition coefficient (Wildman–Crippen LogP) is 8.17. The first-order valence-corrected chi connectivity index (χ1v) is 13.1. The van der Waals surface area contributed by atoms with Crippen molar-refractivity contribution >= 4 is 35.1 Å². The van der Waals surface area contributed by atoms with Gasteiger partial charge >= 0.3 is 0 Å². The van der Waals surface area contributed by atoms with Gasteiger partial charge in [-0.3, -0.25) is 9.59 Å². The Kier molecular flexibility index (Phi) is 6.44. The van der Waals surface area contributed by atoms with E-state index in [2.05, 4.69) is 38.1 Å². The lowest BCUT2D eigenvalue weighted by Gasteiger charge is -2.24. The fraction of sp³-hybridized carbons (Fsp3) is 0.133. The van der Waals surface area contributed by atoms with Gasteiger partial charge in [0.15, 0.2) is 11.6 Å². The molecule has 0 aliphatic heterocycles. The zero-order valence-electron chi connectivity index (χ0n) is 19.0. The molecule has 0 saturated heterocycles. The standard InChI is InChI=1S/C30H24O2S2/c1-19(21-11-5-3-6-12-21)33-25-17-9-15-23-27(25)29(31)24-16-10-18-26(28(24)30(23)32)34-20(2)22-13-7-4-8-14-22/h3-20H,1-2H3. The molecule has 4 aromatic rings. The summed E-state index contributed by atoms with van der Waals surface area (Å²) in [4.78, 5) is 29.2. The first-order valence-electron chi connectivity index (χ1n) is 11.3. The summed E-state index contributed by atoms with van der Waals surface area (Å²) >= 11 is 3.25. The highest BCUT2D eigenvalue weighted by Gasteiger charge is 2.34. The molecule has 0 fully saturated rings. The molecular formula is C30H24O2S2. The van der Waals surface area contributed by atoms with E-state index >= 15 is 0 Å². The third-order valence-electron chi connectivity index (χ3n) is 6.14. The lowest BCUT2D eigenvalue weighted by Crippen LogP contribution is -2.22. The summed E-state index contributed by atoms with van der Waals surface area (Å²) in [6.07, 6.45) is 0. The van der Waals surface area contributed by atoms with Gasteiger partial charge in [0.2, 0.25) is 0 Å². The highest BCUT2D eigenvalue weighted by Crippen LogP contribution is 2.44. The third-order valence-corrected chi connectivity index (χ3v) is 8.58. The molecule has 4 aromatic carbocycles. The Hall–Kier alpha value is -3.08. The number of hydrogen-bond acceptors (Lipinski definition) is 4. The van der Waals surface area contributed by atoms with Crippen LogP contribution in [0.15, 0.2) is 107 Å². The zero-order valence-corrected chi connectivity index (χ0v) is 20.7. The van der Waals surface area contributed by atoms with Crippen LogP contribution in [0.2, 0.25) is 0 Å². The highest BCUT2D eigenvalue weighted by molar-refractivity contribution is 7.99. The maximum atomic E-state index is 13.7. The molecule has 0 aromatic heterocycles. The van der Waals surface area contributed by atoms with E-state index in [0.29, 0.717) is 22.3 Å². The predicted molar refractivity (Wildman–Crippen MR) is 141 cm³/mol. The van der Waals surface area contributed by atoms with Crippen molar-refractivity contribution in [3.8, 4) is 0 Å². The highest BCUT2D eigenvalue weighted by atomic mass is 32.2. The number of fused-ring (bicyclic) bond motifs is 2. The van der Waals surface area contributed by atoms with Gasteiger partial charge in [-0.1, -0.05) is 84.9 Å². The summed E-state index contributed by atoms with van der Waals surface area (Å²) in [6, 6.07) is 31.7. The van der Waals surface area contributed by atoms with Gasteiger partial charge in [-0.25, -0.2) is 0 Å². The summed E-state index contributed by atoms with van der Waals surface area (Å²) in [5, 5.41) is 0.316. The van der Waals surface area contributed by atoms with Crippen LogP contribution >= 0.6 is 23.5 Å². The van der Waals surface area contributed by atoms with Crippen LogP contribution in [0, 0.1) is 0 Å². The average molecular weight is 481 g/mol. The topological polar surface area (TPSA) is 34.1 Å². The van der Waals surface area contributed by atoms with Crippen LogP contribution in [0.25, 0.3) is 0 Å². The van der Waals surface area contributed by atoms with Crippen LogP contribution in [-0.4, -0.2) is 11.6 Å². The van der Waals surface area contributed by atoms with Crippen molar-refractivity contribution < 1.29 is 9.59 Å². The lowest BCUT2D eigenvalue weighted by molar-refractivity contribution is 0.0974. The van der Waals surface area contributed by atoms with Gasteiger partial charge < -0.3 is 0 Å². The molecule has 34 heavy (non-hydrogen) atoms. The third kappa shape index (κ3) is 4.24. The Balaban J connectivity index is 1.51. The molecule has 2 nitrogen and oxygen atoms in total. The van der Waals surface area contributed by atoms with Gasteiger partial charge in [-0.15, -0.1) is 23.5 Å². The Bertz CT molecular complexity index is 1260. The van der Waals surface area contributed by atoms with Crippen LogP contribution in [0.3, 0.4) is 0 Å². The van der Waals surface area contributed by atoms with Crippen LogP contribution in [0.4, 0.5) is 0 Å². The molecule has 0 spiro atoms. The molecular weight excluding hydrogens is 456 g/mol. The number of ketones is 2. The molecule has 2 atom stereocenters. The number of rotatable bonds is 6. The van der Waals surface area contributed by atoms with E-state index in [1.54, 1.807) is 35.7 Å². The second-order valence-electron chi connectivity index (χ2n) is 8.36. The summed E-state index contributed by atoms with van der Waals surface area (Å²) in [6.45, 7) is 4.25. The Morgan fingerprint density at radius 3 is 1.26 bits per heavy atom. The second kappa shape index (κ2) is 9.65.